The largest absolute Gasteiger partial charge is 0.353 e. The Bertz CT molecular complexity index is 155. The molecule has 2 nitrogen and oxygen atoms in total. The summed E-state index contributed by atoms with van der Waals surface area (Å²) in [6.45, 7) is 2.17. The van der Waals surface area contributed by atoms with Gasteiger partial charge in [-0.15, -0.1) is 0 Å². The number of carbonyl (C=O) groups is 1. The lowest BCUT2D eigenvalue weighted by atomic mass is 9.99. The van der Waals surface area contributed by atoms with Crippen LogP contribution in [0, 0.1) is 11.8 Å². The fourth-order valence-corrected chi connectivity index (χ4v) is 1.72. The van der Waals surface area contributed by atoms with E-state index in [-0.39, 0.29) is 5.91 Å². The molecule has 0 bridgehead atoms. The first kappa shape index (κ1) is 5.27. The van der Waals surface area contributed by atoms with Crippen LogP contribution >= 0.6 is 0 Å². The molecule has 1 heterocycles. The molecular weight excluding hydrogens is 114 g/mol. The highest BCUT2D eigenvalue weighted by Crippen LogP contribution is 2.41. The summed E-state index contributed by atoms with van der Waals surface area (Å²) < 4.78 is 0. The van der Waals surface area contributed by atoms with Crippen LogP contribution in [-0.4, -0.2) is 11.9 Å². The Morgan fingerprint density at radius 3 is 3.11 bits per heavy atom. The van der Waals surface area contributed by atoms with Crippen LogP contribution < -0.4 is 5.32 Å². The fourth-order valence-electron chi connectivity index (χ4n) is 1.72. The van der Waals surface area contributed by atoms with Crippen molar-refractivity contribution in [1.29, 1.82) is 0 Å². The molecule has 2 rings (SSSR count). The van der Waals surface area contributed by atoms with Gasteiger partial charge in [0.2, 0.25) is 5.91 Å². The van der Waals surface area contributed by atoms with Gasteiger partial charge in [0.05, 0.1) is 0 Å². The average molecular weight is 125 g/mol. The molecule has 2 fully saturated rings. The predicted molar refractivity (Wildman–Crippen MR) is 33.8 cm³/mol. The van der Waals surface area contributed by atoms with Crippen LogP contribution in [0.15, 0.2) is 0 Å². The zero-order chi connectivity index (χ0) is 6.43. The summed E-state index contributed by atoms with van der Waals surface area (Å²) in [6.07, 6.45) is 1.98. The smallest absolute Gasteiger partial charge is 0.220 e. The summed E-state index contributed by atoms with van der Waals surface area (Å²) in [6, 6.07) is 0.557. The quantitative estimate of drug-likeness (QED) is 0.502. The molecule has 0 radical (unpaired) electrons. The molecule has 1 N–H and O–H groups in total. The Morgan fingerprint density at radius 2 is 2.44 bits per heavy atom. The van der Waals surface area contributed by atoms with E-state index in [1.54, 1.807) is 0 Å². The van der Waals surface area contributed by atoms with E-state index in [0.29, 0.717) is 12.0 Å². The van der Waals surface area contributed by atoms with Gasteiger partial charge in [0.15, 0.2) is 0 Å². The van der Waals surface area contributed by atoms with E-state index in [9.17, 15) is 4.79 Å². The number of nitrogens with one attached hydrogen (secondary N) is 1. The molecule has 3 atom stereocenters. The van der Waals surface area contributed by atoms with Crippen molar-refractivity contribution in [2.75, 3.05) is 0 Å². The molecule has 0 aromatic heterocycles. The number of amides is 1. The SMILES string of the molecule is C[C@@H]1CC(=O)N[C@H]2C[C@@H]12. The Balaban J connectivity index is 2.07. The van der Waals surface area contributed by atoms with Crippen molar-refractivity contribution < 1.29 is 4.79 Å². The van der Waals surface area contributed by atoms with Gasteiger partial charge >= 0.3 is 0 Å². The maximum Gasteiger partial charge on any atom is 0.220 e. The summed E-state index contributed by atoms with van der Waals surface area (Å²) in [5.74, 6) is 1.72. The van der Waals surface area contributed by atoms with Crippen LogP contribution in [0.4, 0.5) is 0 Å². The minimum absolute atomic E-state index is 0.251. The van der Waals surface area contributed by atoms with Crippen LogP contribution in [0.2, 0.25) is 0 Å². The van der Waals surface area contributed by atoms with Crippen LogP contribution in [0.3, 0.4) is 0 Å². The standard InChI is InChI=1S/C7H11NO/c1-4-2-7(9)8-6-3-5(4)6/h4-6H,2-3H2,1H3,(H,8,9)/t4-,5+,6+/m1/s1. The minimum Gasteiger partial charge on any atom is -0.353 e. The van der Waals surface area contributed by atoms with E-state index in [1.165, 1.54) is 6.42 Å². The maximum atomic E-state index is 10.8. The zero-order valence-electron chi connectivity index (χ0n) is 5.55. The van der Waals surface area contributed by atoms with E-state index in [4.69, 9.17) is 0 Å². The van der Waals surface area contributed by atoms with Crippen LogP contribution in [0.25, 0.3) is 0 Å². The predicted octanol–water partition coefficient (Wildman–Crippen LogP) is 0.531. The normalized spacial score (nSPS) is 47.7. The molecule has 1 aliphatic carbocycles. The van der Waals surface area contributed by atoms with E-state index < -0.39 is 0 Å². The van der Waals surface area contributed by atoms with Crippen molar-refractivity contribution in [2.45, 2.75) is 25.8 Å². The van der Waals surface area contributed by atoms with Crippen molar-refractivity contribution in [2.24, 2.45) is 11.8 Å². The highest BCUT2D eigenvalue weighted by Gasteiger charge is 2.45. The molecule has 1 saturated carbocycles. The van der Waals surface area contributed by atoms with Gasteiger partial charge in [-0.25, -0.2) is 0 Å². The fraction of sp³-hybridized carbons (Fsp3) is 0.857. The molecule has 0 spiro atoms. The number of carbonyl (C=O) groups excluding carboxylic acids is 1. The first-order chi connectivity index (χ1) is 4.27. The second kappa shape index (κ2) is 1.49. The number of hydrogen-bond donors (Lipinski definition) is 1. The topological polar surface area (TPSA) is 29.1 Å². The second-order valence-electron chi connectivity index (χ2n) is 3.25. The van der Waals surface area contributed by atoms with Gasteiger partial charge in [-0.2, -0.15) is 0 Å². The second-order valence-corrected chi connectivity index (χ2v) is 3.25. The van der Waals surface area contributed by atoms with Gasteiger partial charge in [-0.05, 0) is 18.3 Å². The molecule has 2 aliphatic rings. The van der Waals surface area contributed by atoms with Crippen molar-refractivity contribution in [1.82, 2.24) is 5.32 Å². The van der Waals surface area contributed by atoms with Crippen molar-refractivity contribution >= 4 is 5.91 Å². The van der Waals surface area contributed by atoms with E-state index >= 15 is 0 Å². The maximum absolute atomic E-state index is 10.8. The summed E-state index contributed by atoms with van der Waals surface area (Å²) in [5.41, 5.74) is 0. The van der Waals surface area contributed by atoms with E-state index in [2.05, 4.69) is 12.2 Å². The van der Waals surface area contributed by atoms with Crippen molar-refractivity contribution in [3.8, 4) is 0 Å². The minimum atomic E-state index is 0.251. The molecular formula is C7H11NO. The highest BCUT2D eigenvalue weighted by atomic mass is 16.1. The van der Waals surface area contributed by atoms with Gasteiger partial charge in [-0.3, -0.25) is 4.79 Å². The summed E-state index contributed by atoms with van der Waals surface area (Å²) in [4.78, 5) is 10.8. The number of piperidine rings is 1. The summed E-state index contributed by atoms with van der Waals surface area (Å²) >= 11 is 0. The molecule has 1 amide bonds. The summed E-state index contributed by atoms with van der Waals surface area (Å²) in [5, 5.41) is 2.94. The van der Waals surface area contributed by atoms with Crippen molar-refractivity contribution in [3.63, 3.8) is 0 Å². The zero-order valence-corrected chi connectivity index (χ0v) is 5.55. The third kappa shape index (κ3) is 0.732. The lowest BCUT2D eigenvalue weighted by molar-refractivity contribution is -0.123. The highest BCUT2D eigenvalue weighted by molar-refractivity contribution is 5.78. The molecule has 9 heavy (non-hydrogen) atoms. The first-order valence-electron chi connectivity index (χ1n) is 3.57. The van der Waals surface area contributed by atoms with Gasteiger partial charge in [0, 0.05) is 12.5 Å². The third-order valence-corrected chi connectivity index (χ3v) is 2.42. The number of fused-ring (bicyclic) bond motifs is 1. The Morgan fingerprint density at radius 1 is 1.67 bits per heavy atom. The number of hydrogen-bond acceptors (Lipinski definition) is 1. The van der Waals surface area contributed by atoms with Gasteiger partial charge in [-0.1, -0.05) is 6.92 Å². The Kier molecular flexibility index (Phi) is 0.875. The van der Waals surface area contributed by atoms with Crippen molar-refractivity contribution in [3.05, 3.63) is 0 Å². The monoisotopic (exact) mass is 125 g/mol. The van der Waals surface area contributed by atoms with Gasteiger partial charge < -0.3 is 5.32 Å². The molecule has 50 valence electrons. The lowest BCUT2D eigenvalue weighted by Crippen LogP contribution is -2.34. The van der Waals surface area contributed by atoms with Crippen LogP contribution in [0.1, 0.15) is 19.8 Å². The molecule has 2 heteroatoms. The third-order valence-electron chi connectivity index (χ3n) is 2.42. The van der Waals surface area contributed by atoms with Crippen LogP contribution in [-0.2, 0) is 4.79 Å². The molecule has 0 unspecified atom stereocenters. The molecule has 0 aromatic rings. The average Bonchev–Trinajstić information content (AvgIpc) is 2.43. The molecule has 1 saturated heterocycles. The molecule has 1 aliphatic heterocycles. The number of rotatable bonds is 0. The summed E-state index contributed by atoms with van der Waals surface area (Å²) in [7, 11) is 0. The van der Waals surface area contributed by atoms with Gasteiger partial charge in [0.1, 0.15) is 0 Å². The molecule has 0 aromatic carbocycles. The Labute approximate surface area is 54.6 Å². The van der Waals surface area contributed by atoms with E-state index in [1.807, 2.05) is 0 Å². The van der Waals surface area contributed by atoms with Crippen LogP contribution in [0.5, 0.6) is 0 Å². The lowest BCUT2D eigenvalue weighted by Gasteiger charge is -2.16. The van der Waals surface area contributed by atoms with Gasteiger partial charge in [0.25, 0.3) is 0 Å². The Hall–Kier alpha value is -0.530. The first-order valence-corrected chi connectivity index (χ1v) is 3.57. The van der Waals surface area contributed by atoms with E-state index in [0.717, 1.165) is 12.3 Å².